The second-order valence-corrected chi connectivity index (χ2v) is 8.06. The van der Waals surface area contributed by atoms with Crippen LogP contribution in [0.5, 0.6) is 11.5 Å². The summed E-state index contributed by atoms with van der Waals surface area (Å²) in [5.74, 6) is 2.95. The number of ether oxygens (including phenoxy) is 2. The van der Waals surface area contributed by atoms with E-state index in [1.807, 2.05) is 36.0 Å². The molecule has 0 aliphatic carbocycles. The molecule has 0 radical (unpaired) electrons. The highest BCUT2D eigenvalue weighted by atomic mass is 16.5. The third-order valence-corrected chi connectivity index (χ3v) is 6.00. The molecule has 8 heteroatoms. The van der Waals surface area contributed by atoms with Crippen molar-refractivity contribution in [3.63, 3.8) is 0 Å². The summed E-state index contributed by atoms with van der Waals surface area (Å²) in [6, 6.07) is 10.1. The fraction of sp³-hybridized carbons (Fsp3) is 0.240. The number of H-pyrrole nitrogens is 1. The van der Waals surface area contributed by atoms with Crippen molar-refractivity contribution in [2.45, 2.75) is 20.3 Å². The van der Waals surface area contributed by atoms with Crippen LogP contribution in [0.3, 0.4) is 0 Å². The summed E-state index contributed by atoms with van der Waals surface area (Å²) in [5.41, 5.74) is 5.27. The summed E-state index contributed by atoms with van der Waals surface area (Å²) >= 11 is 0. The average molecular weight is 443 g/mol. The molecule has 2 aromatic carbocycles. The number of methoxy groups -OCH3 is 1. The quantitative estimate of drug-likeness (QED) is 0.375. The van der Waals surface area contributed by atoms with E-state index in [9.17, 15) is 0 Å². The number of nitrogens with one attached hydrogen (secondary N) is 2. The second kappa shape index (κ2) is 8.46. The Balaban J connectivity index is 1.43. The van der Waals surface area contributed by atoms with Crippen molar-refractivity contribution in [3.05, 3.63) is 66.1 Å². The van der Waals surface area contributed by atoms with Crippen LogP contribution >= 0.6 is 0 Å². The largest absolute Gasteiger partial charge is 0.493 e. The van der Waals surface area contributed by atoms with Crippen LogP contribution in [-0.2, 0) is 13.5 Å². The van der Waals surface area contributed by atoms with E-state index in [1.165, 1.54) is 16.6 Å². The van der Waals surface area contributed by atoms with Crippen molar-refractivity contribution in [3.8, 4) is 11.5 Å². The molecule has 0 bridgehead atoms. The summed E-state index contributed by atoms with van der Waals surface area (Å²) in [7, 11) is 3.61. The molecule has 2 N–H and O–H groups in total. The van der Waals surface area contributed by atoms with Crippen LogP contribution in [0.2, 0.25) is 0 Å². The fourth-order valence-electron chi connectivity index (χ4n) is 4.00. The van der Waals surface area contributed by atoms with Gasteiger partial charge in [-0.1, -0.05) is 0 Å². The zero-order valence-corrected chi connectivity index (χ0v) is 19.1. The average Bonchev–Trinajstić information content (AvgIpc) is 3.35. The molecule has 168 valence electrons. The number of aromatic nitrogens is 5. The smallest absolute Gasteiger partial charge is 0.163 e. The van der Waals surface area contributed by atoms with Crippen molar-refractivity contribution >= 4 is 33.3 Å². The SMILES string of the molecule is COc1cc2c(Nc3ccc4[nH]c(C)c(C)c4c3)ncnc2cc1OCCc1nccn1C. The lowest BCUT2D eigenvalue weighted by Gasteiger charge is -2.14. The lowest BCUT2D eigenvalue weighted by molar-refractivity contribution is 0.295. The number of imidazole rings is 1. The Morgan fingerprint density at radius 2 is 1.91 bits per heavy atom. The zero-order valence-electron chi connectivity index (χ0n) is 19.1. The van der Waals surface area contributed by atoms with Gasteiger partial charge in [0.25, 0.3) is 0 Å². The van der Waals surface area contributed by atoms with Gasteiger partial charge in [0.1, 0.15) is 18.0 Å². The minimum atomic E-state index is 0.484. The van der Waals surface area contributed by atoms with E-state index < -0.39 is 0 Å². The molecule has 8 nitrogen and oxygen atoms in total. The molecule has 0 aliphatic heterocycles. The fourth-order valence-corrected chi connectivity index (χ4v) is 4.00. The number of rotatable bonds is 7. The summed E-state index contributed by atoms with van der Waals surface area (Å²) in [6.07, 6.45) is 5.96. The molecule has 33 heavy (non-hydrogen) atoms. The van der Waals surface area contributed by atoms with Crippen LogP contribution in [0.15, 0.2) is 49.1 Å². The molecule has 5 rings (SSSR count). The first kappa shape index (κ1) is 20.8. The van der Waals surface area contributed by atoms with Crippen LogP contribution in [0.1, 0.15) is 17.1 Å². The zero-order chi connectivity index (χ0) is 22.9. The Labute approximate surface area is 191 Å². The van der Waals surface area contributed by atoms with Gasteiger partial charge in [0, 0.05) is 59.6 Å². The van der Waals surface area contributed by atoms with Crippen molar-refractivity contribution in [1.82, 2.24) is 24.5 Å². The number of anilines is 2. The second-order valence-electron chi connectivity index (χ2n) is 8.06. The van der Waals surface area contributed by atoms with Gasteiger partial charge in [-0.15, -0.1) is 0 Å². The maximum absolute atomic E-state index is 6.02. The molecule has 0 fully saturated rings. The highest BCUT2D eigenvalue weighted by Crippen LogP contribution is 2.35. The number of fused-ring (bicyclic) bond motifs is 2. The lowest BCUT2D eigenvalue weighted by atomic mass is 10.1. The van der Waals surface area contributed by atoms with Crippen molar-refractivity contribution < 1.29 is 9.47 Å². The summed E-state index contributed by atoms with van der Waals surface area (Å²) in [5, 5.41) is 5.49. The van der Waals surface area contributed by atoms with E-state index in [2.05, 4.69) is 51.2 Å². The molecule has 0 amide bonds. The lowest BCUT2D eigenvalue weighted by Crippen LogP contribution is -2.07. The van der Waals surface area contributed by atoms with Gasteiger partial charge in [0.05, 0.1) is 19.2 Å². The van der Waals surface area contributed by atoms with Gasteiger partial charge in [-0.3, -0.25) is 0 Å². The van der Waals surface area contributed by atoms with Crippen molar-refractivity contribution in [2.24, 2.45) is 7.05 Å². The number of hydrogen-bond donors (Lipinski definition) is 2. The maximum Gasteiger partial charge on any atom is 0.163 e. The minimum Gasteiger partial charge on any atom is -0.493 e. The first-order valence-electron chi connectivity index (χ1n) is 10.8. The van der Waals surface area contributed by atoms with E-state index in [0.29, 0.717) is 30.3 Å². The molecule has 0 aliphatic rings. The van der Waals surface area contributed by atoms with Crippen molar-refractivity contribution in [1.29, 1.82) is 0 Å². The molecule has 0 atom stereocenters. The highest BCUT2D eigenvalue weighted by molar-refractivity contribution is 5.94. The number of benzene rings is 2. The van der Waals surface area contributed by atoms with Crippen LogP contribution in [0.25, 0.3) is 21.8 Å². The van der Waals surface area contributed by atoms with Gasteiger partial charge in [0.15, 0.2) is 11.5 Å². The number of aromatic amines is 1. The number of nitrogens with zero attached hydrogens (tertiary/aromatic N) is 4. The molecule has 0 spiro atoms. The Hall–Kier alpha value is -4.07. The van der Waals surface area contributed by atoms with Gasteiger partial charge >= 0.3 is 0 Å². The van der Waals surface area contributed by atoms with Gasteiger partial charge in [-0.05, 0) is 43.7 Å². The Bertz CT molecular complexity index is 1450. The van der Waals surface area contributed by atoms with E-state index in [4.69, 9.17) is 9.47 Å². The topological polar surface area (TPSA) is 89.9 Å². The number of hydrogen-bond acceptors (Lipinski definition) is 6. The first-order chi connectivity index (χ1) is 16.0. The maximum atomic E-state index is 6.02. The highest BCUT2D eigenvalue weighted by Gasteiger charge is 2.13. The first-order valence-corrected chi connectivity index (χ1v) is 10.8. The number of aryl methyl sites for hydroxylation is 3. The van der Waals surface area contributed by atoms with E-state index in [-0.39, 0.29) is 0 Å². The standard InChI is InChI=1S/C25H26N6O2/c1-15-16(2)29-20-6-5-17(11-18(15)20)30-25-19-12-22(32-4)23(13-21(19)27-14-28-25)33-10-7-24-26-8-9-31(24)3/h5-6,8-9,11-14,29H,7,10H2,1-4H3,(H,27,28,30). The minimum absolute atomic E-state index is 0.484. The predicted molar refractivity (Wildman–Crippen MR) is 130 cm³/mol. The van der Waals surface area contributed by atoms with Crippen LogP contribution < -0.4 is 14.8 Å². The summed E-state index contributed by atoms with van der Waals surface area (Å²) < 4.78 is 13.6. The Morgan fingerprint density at radius 3 is 2.70 bits per heavy atom. The molecule has 0 unspecified atom stereocenters. The summed E-state index contributed by atoms with van der Waals surface area (Å²) in [6.45, 7) is 4.69. The molecular formula is C25H26N6O2. The molecular weight excluding hydrogens is 416 g/mol. The molecule has 3 aromatic heterocycles. The Morgan fingerprint density at radius 1 is 1.03 bits per heavy atom. The molecule has 3 heterocycles. The third kappa shape index (κ3) is 3.95. The van der Waals surface area contributed by atoms with E-state index >= 15 is 0 Å². The predicted octanol–water partition coefficient (Wildman–Crippen LogP) is 4.84. The third-order valence-electron chi connectivity index (χ3n) is 6.00. The van der Waals surface area contributed by atoms with E-state index in [0.717, 1.165) is 27.9 Å². The van der Waals surface area contributed by atoms with E-state index in [1.54, 1.807) is 19.6 Å². The molecule has 5 aromatic rings. The van der Waals surface area contributed by atoms with Gasteiger partial charge in [0.2, 0.25) is 0 Å². The monoisotopic (exact) mass is 442 g/mol. The molecule has 0 saturated heterocycles. The van der Waals surface area contributed by atoms with Crippen molar-refractivity contribution in [2.75, 3.05) is 19.0 Å². The normalized spacial score (nSPS) is 11.3. The summed E-state index contributed by atoms with van der Waals surface area (Å²) in [4.78, 5) is 16.7. The van der Waals surface area contributed by atoms with Crippen LogP contribution in [0, 0.1) is 13.8 Å². The molecule has 0 saturated carbocycles. The van der Waals surface area contributed by atoms with Gasteiger partial charge in [-0.25, -0.2) is 15.0 Å². The van der Waals surface area contributed by atoms with Gasteiger partial charge in [-0.2, -0.15) is 0 Å². The van der Waals surface area contributed by atoms with Crippen LogP contribution in [0.4, 0.5) is 11.5 Å². The Kier molecular flexibility index (Phi) is 5.34. The van der Waals surface area contributed by atoms with Crippen LogP contribution in [-0.4, -0.2) is 38.2 Å². The van der Waals surface area contributed by atoms with Gasteiger partial charge < -0.3 is 24.3 Å².